The third-order valence-corrected chi connectivity index (χ3v) is 2.14. The van der Waals surface area contributed by atoms with Crippen LogP contribution in [-0.4, -0.2) is 18.7 Å². The highest BCUT2D eigenvalue weighted by atomic mass is 32.1. The topological polar surface area (TPSA) is 56.9 Å². The van der Waals surface area contributed by atoms with Gasteiger partial charge in [0.15, 0.2) is 0 Å². The zero-order valence-electron chi connectivity index (χ0n) is 7.20. The first-order chi connectivity index (χ1) is 6.24. The normalized spacial score (nSPS) is 10.2. The molecule has 13 heavy (non-hydrogen) atoms. The van der Waals surface area contributed by atoms with Gasteiger partial charge in [0, 0.05) is 17.0 Å². The maximum absolute atomic E-state index is 7.58. The van der Waals surface area contributed by atoms with Gasteiger partial charge in [0.05, 0.1) is 12.8 Å². The lowest BCUT2D eigenvalue weighted by molar-refractivity contribution is 0.403. The molecular formula is C9H10N2OS. The zero-order chi connectivity index (χ0) is 9.68. The van der Waals surface area contributed by atoms with E-state index in [1.807, 2.05) is 16.8 Å². The van der Waals surface area contributed by atoms with Crippen LogP contribution in [-0.2, 0) is 4.74 Å². The van der Waals surface area contributed by atoms with Crippen LogP contribution in [0.5, 0.6) is 0 Å². The first-order valence-electron chi connectivity index (χ1n) is 3.66. The van der Waals surface area contributed by atoms with Gasteiger partial charge in [0.2, 0.25) is 5.90 Å². The fraction of sp³-hybridized carbons (Fsp3) is 0.111. The van der Waals surface area contributed by atoms with E-state index in [9.17, 15) is 0 Å². The molecule has 0 spiro atoms. The van der Waals surface area contributed by atoms with Gasteiger partial charge in [-0.15, -0.1) is 0 Å². The van der Waals surface area contributed by atoms with E-state index in [1.165, 1.54) is 13.2 Å². The molecule has 68 valence electrons. The molecule has 1 rings (SSSR count). The van der Waals surface area contributed by atoms with Gasteiger partial charge in [-0.3, -0.25) is 5.41 Å². The summed E-state index contributed by atoms with van der Waals surface area (Å²) >= 11 is 1.55. The molecule has 0 saturated carbocycles. The smallest absolute Gasteiger partial charge is 0.205 e. The maximum Gasteiger partial charge on any atom is 0.205 e. The number of ether oxygens (including phenoxy) is 1. The van der Waals surface area contributed by atoms with E-state index in [2.05, 4.69) is 4.74 Å². The van der Waals surface area contributed by atoms with Crippen LogP contribution in [0.1, 0.15) is 5.56 Å². The quantitative estimate of drug-likeness (QED) is 0.563. The van der Waals surface area contributed by atoms with Crippen LogP contribution in [0.25, 0.3) is 0 Å². The Labute approximate surface area is 80.7 Å². The first-order valence-corrected chi connectivity index (χ1v) is 4.60. The lowest BCUT2D eigenvalue weighted by Crippen LogP contribution is -1.96. The van der Waals surface area contributed by atoms with Crippen LogP contribution >= 0.6 is 11.3 Å². The van der Waals surface area contributed by atoms with Crippen LogP contribution in [0.2, 0.25) is 0 Å². The minimum Gasteiger partial charge on any atom is -0.481 e. The molecular weight excluding hydrogens is 184 g/mol. The van der Waals surface area contributed by atoms with Crippen molar-refractivity contribution in [2.24, 2.45) is 0 Å². The number of hydrogen-bond acceptors (Lipinski definition) is 4. The third kappa shape index (κ3) is 2.83. The van der Waals surface area contributed by atoms with Crippen molar-refractivity contribution in [1.82, 2.24) is 0 Å². The summed E-state index contributed by atoms with van der Waals surface area (Å²) in [5, 5.41) is 18.5. The van der Waals surface area contributed by atoms with E-state index in [0.29, 0.717) is 5.71 Å². The molecule has 1 aromatic rings. The molecule has 0 aliphatic carbocycles. The molecule has 0 aliphatic rings. The van der Waals surface area contributed by atoms with Gasteiger partial charge in [-0.25, -0.2) is 0 Å². The molecule has 0 atom stereocenters. The highest BCUT2D eigenvalue weighted by Gasteiger charge is 1.96. The first kappa shape index (κ1) is 9.67. The Morgan fingerprint density at radius 3 is 2.77 bits per heavy atom. The summed E-state index contributed by atoms with van der Waals surface area (Å²) < 4.78 is 4.62. The molecule has 1 heterocycles. The summed E-state index contributed by atoms with van der Waals surface area (Å²) in [6.45, 7) is 0. The van der Waals surface area contributed by atoms with Gasteiger partial charge in [0.1, 0.15) is 0 Å². The second-order valence-corrected chi connectivity index (χ2v) is 3.11. The number of rotatable bonds is 3. The number of methoxy groups -OCH3 is 1. The SMILES string of the molecule is COC(=N)/C=C\C(=N)c1ccsc1. The molecule has 0 saturated heterocycles. The molecule has 0 amide bonds. The molecule has 0 aromatic carbocycles. The van der Waals surface area contributed by atoms with Crippen LogP contribution in [0.4, 0.5) is 0 Å². The van der Waals surface area contributed by atoms with Crippen molar-refractivity contribution >= 4 is 22.9 Å². The average molecular weight is 194 g/mol. The molecule has 0 fully saturated rings. The monoisotopic (exact) mass is 194 g/mol. The van der Waals surface area contributed by atoms with Crippen molar-refractivity contribution in [2.45, 2.75) is 0 Å². The lowest BCUT2D eigenvalue weighted by atomic mass is 10.2. The van der Waals surface area contributed by atoms with Crippen molar-refractivity contribution < 1.29 is 4.74 Å². The standard InChI is InChI=1S/C9H10N2OS/c1-12-9(11)3-2-8(10)7-4-5-13-6-7/h2-6,10-11H,1H3/b3-2-,10-8?,11-9?. The number of nitrogens with one attached hydrogen (secondary N) is 2. The van der Waals surface area contributed by atoms with E-state index in [-0.39, 0.29) is 5.90 Å². The predicted octanol–water partition coefficient (Wildman–Crippen LogP) is 2.30. The second-order valence-electron chi connectivity index (χ2n) is 2.33. The molecule has 0 radical (unpaired) electrons. The predicted molar refractivity (Wildman–Crippen MR) is 55.0 cm³/mol. The summed E-state index contributed by atoms with van der Waals surface area (Å²) in [4.78, 5) is 0. The molecule has 2 N–H and O–H groups in total. The van der Waals surface area contributed by atoms with Gasteiger partial charge in [0.25, 0.3) is 0 Å². The number of allylic oxidation sites excluding steroid dienone is 1. The Morgan fingerprint density at radius 1 is 1.46 bits per heavy atom. The van der Waals surface area contributed by atoms with Gasteiger partial charge < -0.3 is 10.1 Å². The number of thiophene rings is 1. The fourth-order valence-electron chi connectivity index (χ4n) is 0.741. The van der Waals surface area contributed by atoms with Gasteiger partial charge >= 0.3 is 0 Å². The van der Waals surface area contributed by atoms with Crippen molar-refractivity contribution in [3.8, 4) is 0 Å². The summed E-state index contributed by atoms with van der Waals surface area (Å²) in [6.07, 6.45) is 3.01. The van der Waals surface area contributed by atoms with Gasteiger partial charge in [-0.1, -0.05) is 0 Å². The van der Waals surface area contributed by atoms with Crippen LogP contribution in [0.3, 0.4) is 0 Å². The van der Waals surface area contributed by atoms with E-state index in [0.717, 1.165) is 5.56 Å². The Hall–Kier alpha value is -1.42. The van der Waals surface area contributed by atoms with Crippen molar-refractivity contribution in [3.05, 3.63) is 34.5 Å². The Bertz CT molecular complexity index is 327. The molecule has 0 aliphatic heterocycles. The largest absolute Gasteiger partial charge is 0.481 e. The number of hydrogen-bond donors (Lipinski definition) is 2. The minimum atomic E-state index is 0.0555. The Morgan fingerprint density at radius 2 is 2.23 bits per heavy atom. The summed E-state index contributed by atoms with van der Waals surface area (Å²) in [7, 11) is 1.43. The Kier molecular flexibility index (Phi) is 3.40. The van der Waals surface area contributed by atoms with Crippen molar-refractivity contribution in [3.63, 3.8) is 0 Å². The highest BCUT2D eigenvalue weighted by Crippen LogP contribution is 2.07. The lowest BCUT2D eigenvalue weighted by Gasteiger charge is -1.94. The Balaban J connectivity index is 2.61. The van der Waals surface area contributed by atoms with E-state index >= 15 is 0 Å². The average Bonchev–Trinajstić information content (AvgIpc) is 2.66. The summed E-state index contributed by atoms with van der Waals surface area (Å²) in [5.41, 5.74) is 1.26. The zero-order valence-corrected chi connectivity index (χ0v) is 8.02. The van der Waals surface area contributed by atoms with E-state index in [4.69, 9.17) is 10.8 Å². The van der Waals surface area contributed by atoms with Crippen LogP contribution in [0.15, 0.2) is 29.0 Å². The van der Waals surface area contributed by atoms with Crippen molar-refractivity contribution in [2.75, 3.05) is 7.11 Å². The molecule has 0 bridgehead atoms. The third-order valence-electron chi connectivity index (χ3n) is 1.45. The fourth-order valence-corrected chi connectivity index (χ4v) is 1.40. The molecule has 3 nitrogen and oxygen atoms in total. The van der Waals surface area contributed by atoms with Crippen molar-refractivity contribution in [1.29, 1.82) is 10.8 Å². The maximum atomic E-state index is 7.58. The van der Waals surface area contributed by atoms with E-state index < -0.39 is 0 Å². The van der Waals surface area contributed by atoms with E-state index in [1.54, 1.807) is 17.4 Å². The summed E-state index contributed by atoms with van der Waals surface area (Å²) in [6, 6.07) is 1.87. The van der Waals surface area contributed by atoms with Crippen LogP contribution < -0.4 is 0 Å². The summed E-state index contributed by atoms with van der Waals surface area (Å²) in [5.74, 6) is 0.0555. The molecule has 0 unspecified atom stereocenters. The molecule has 4 heteroatoms. The van der Waals surface area contributed by atoms with Gasteiger partial charge in [-0.2, -0.15) is 11.3 Å². The second kappa shape index (κ2) is 4.57. The minimum absolute atomic E-state index is 0.0555. The highest BCUT2D eigenvalue weighted by molar-refractivity contribution is 7.08. The van der Waals surface area contributed by atoms with Crippen LogP contribution in [0, 0.1) is 10.8 Å². The van der Waals surface area contributed by atoms with Gasteiger partial charge in [-0.05, 0) is 17.5 Å². The molecule has 1 aromatic heterocycles.